The van der Waals surface area contributed by atoms with E-state index in [1.165, 1.54) is 4.90 Å². The number of carbonyl (C=O) groups is 3. The number of benzene rings is 1. The molecule has 3 amide bonds. The fourth-order valence-corrected chi connectivity index (χ4v) is 3.60. The zero-order chi connectivity index (χ0) is 19.6. The van der Waals surface area contributed by atoms with Crippen molar-refractivity contribution in [2.24, 2.45) is 5.73 Å². The minimum atomic E-state index is -2.45. The summed E-state index contributed by atoms with van der Waals surface area (Å²) in [5.74, 6) is -1.04. The number of halogens is 2. The number of piperidine rings is 1. The van der Waals surface area contributed by atoms with Gasteiger partial charge in [-0.2, -0.15) is 0 Å². The van der Waals surface area contributed by atoms with Crippen LogP contribution in [0.25, 0.3) is 0 Å². The zero-order valence-electron chi connectivity index (χ0n) is 14.8. The number of rotatable bonds is 7. The van der Waals surface area contributed by atoms with Gasteiger partial charge in [0.25, 0.3) is 12.3 Å². The van der Waals surface area contributed by atoms with Crippen molar-refractivity contribution in [2.75, 3.05) is 19.6 Å². The van der Waals surface area contributed by atoms with Crippen molar-refractivity contribution in [1.82, 2.24) is 15.1 Å². The van der Waals surface area contributed by atoms with Gasteiger partial charge in [-0.25, -0.2) is 8.78 Å². The fourth-order valence-electron chi connectivity index (χ4n) is 3.60. The topological polar surface area (TPSA) is 95.7 Å². The van der Waals surface area contributed by atoms with Gasteiger partial charge in [-0.15, -0.1) is 0 Å². The highest BCUT2D eigenvalue weighted by Crippen LogP contribution is 2.28. The van der Waals surface area contributed by atoms with Crippen LogP contribution in [0.15, 0.2) is 18.2 Å². The van der Waals surface area contributed by atoms with E-state index < -0.39 is 18.4 Å². The highest BCUT2D eigenvalue weighted by atomic mass is 19.3. The standard InChI is InChI=1S/C18H22F2N4O3/c19-15(20)10-23(6-5-21)8-11-1-2-13-12(7-11)9-24(18(13)27)14-3-4-16(25)22-17(14)26/h1-2,7,14-15H,3-6,8-10,21H2,(H,22,25,26). The maximum atomic E-state index is 12.7. The van der Waals surface area contributed by atoms with E-state index in [0.717, 1.165) is 11.1 Å². The van der Waals surface area contributed by atoms with E-state index >= 15 is 0 Å². The van der Waals surface area contributed by atoms with Gasteiger partial charge in [0, 0.05) is 38.2 Å². The van der Waals surface area contributed by atoms with Gasteiger partial charge in [0.15, 0.2) is 0 Å². The third kappa shape index (κ3) is 4.30. The van der Waals surface area contributed by atoms with Crippen LogP contribution in [0.1, 0.15) is 34.3 Å². The lowest BCUT2D eigenvalue weighted by molar-refractivity contribution is -0.136. The van der Waals surface area contributed by atoms with Crippen LogP contribution in [0.3, 0.4) is 0 Å². The third-order valence-corrected chi connectivity index (χ3v) is 4.84. The molecule has 0 aromatic heterocycles. The van der Waals surface area contributed by atoms with Gasteiger partial charge >= 0.3 is 0 Å². The molecular formula is C18H22F2N4O3. The number of fused-ring (bicyclic) bond motifs is 1. The summed E-state index contributed by atoms with van der Waals surface area (Å²) in [7, 11) is 0. The molecule has 0 spiro atoms. The van der Waals surface area contributed by atoms with E-state index in [1.807, 2.05) is 6.07 Å². The average molecular weight is 380 g/mol. The lowest BCUT2D eigenvalue weighted by Crippen LogP contribution is -2.52. The summed E-state index contributed by atoms with van der Waals surface area (Å²) in [5, 5.41) is 2.26. The molecule has 2 aliphatic heterocycles. The number of nitrogens with two attached hydrogens (primary N) is 1. The van der Waals surface area contributed by atoms with Crippen LogP contribution in [-0.2, 0) is 22.7 Å². The van der Waals surface area contributed by atoms with Gasteiger partial charge in [0.05, 0.1) is 6.54 Å². The Kier molecular flexibility index (Phi) is 5.81. The third-order valence-electron chi connectivity index (χ3n) is 4.84. The van der Waals surface area contributed by atoms with Crippen LogP contribution in [0.2, 0.25) is 0 Å². The summed E-state index contributed by atoms with van der Waals surface area (Å²) >= 11 is 0. The quantitative estimate of drug-likeness (QED) is 0.671. The molecule has 7 nitrogen and oxygen atoms in total. The van der Waals surface area contributed by atoms with E-state index in [4.69, 9.17) is 5.73 Å². The first kappa shape index (κ1) is 19.4. The van der Waals surface area contributed by atoms with Crippen molar-refractivity contribution >= 4 is 17.7 Å². The van der Waals surface area contributed by atoms with E-state index in [9.17, 15) is 23.2 Å². The van der Waals surface area contributed by atoms with Crippen LogP contribution in [0.4, 0.5) is 8.78 Å². The molecule has 0 bridgehead atoms. The molecule has 0 saturated carbocycles. The van der Waals surface area contributed by atoms with Gasteiger partial charge < -0.3 is 10.6 Å². The Morgan fingerprint density at radius 1 is 1.30 bits per heavy atom. The number of nitrogens with zero attached hydrogens (tertiary/aromatic N) is 2. The Labute approximate surface area is 155 Å². The molecule has 0 radical (unpaired) electrons. The monoisotopic (exact) mass is 380 g/mol. The Bertz CT molecular complexity index is 756. The van der Waals surface area contributed by atoms with Crippen LogP contribution < -0.4 is 11.1 Å². The van der Waals surface area contributed by atoms with Crippen molar-refractivity contribution < 1.29 is 23.2 Å². The van der Waals surface area contributed by atoms with Crippen LogP contribution in [-0.4, -0.2) is 59.6 Å². The normalized spacial score (nSPS) is 19.8. The minimum Gasteiger partial charge on any atom is -0.329 e. The van der Waals surface area contributed by atoms with Gasteiger partial charge in [0.2, 0.25) is 11.8 Å². The number of nitrogens with one attached hydrogen (secondary N) is 1. The van der Waals surface area contributed by atoms with E-state index in [2.05, 4.69) is 5.32 Å². The highest BCUT2D eigenvalue weighted by Gasteiger charge is 2.39. The first-order valence-corrected chi connectivity index (χ1v) is 8.86. The van der Waals surface area contributed by atoms with Crippen molar-refractivity contribution in [3.8, 4) is 0 Å². The molecule has 1 unspecified atom stereocenters. The van der Waals surface area contributed by atoms with Crippen LogP contribution >= 0.6 is 0 Å². The number of amides is 3. The molecular weight excluding hydrogens is 358 g/mol. The van der Waals surface area contributed by atoms with Crippen molar-refractivity contribution in [1.29, 1.82) is 0 Å². The summed E-state index contributed by atoms with van der Waals surface area (Å²) < 4.78 is 25.4. The molecule has 1 aromatic carbocycles. The number of hydrogen-bond donors (Lipinski definition) is 2. The van der Waals surface area contributed by atoms with Crippen molar-refractivity contribution in [3.63, 3.8) is 0 Å². The predicted molar refractivity (Wildman–Crippen MR) is 92.8 cm³/mol. The first-order chi connectivity index (χ1) is 12.9. The SMILES string of the molecule is NCCN(Cc1ccc2c(c1)CN(C1CCC(=O)NC1=O)C2=O)CC(F)F. The molecule has 3 rings (SSSR count). The predicted octanol–water partition coefficient (Wildman–Crippen LogP) is 0.473. The molecule has 27 heavy (non-hydrogen) atoms. The molecule has 1 saturated heterocycles. The molecule has 1 atom stereocenters. The summed E-state index contributed by atoms with van der Waals surface area (Å²) in [4.78, 5) is 39.0. The van der Waals surface area contributed by atoms with Gasteiger partial charge in [-0.05, 0) is 23.6 Å². The molecule has 0 aliphatic carbocycles. The van der Waals surface area contributed by atoms with E-state index in [-0.39, 0.29) is 37.9 Å². The van der Waals surface area contributed by atoms with Gasteiger partial charge in [-0.3, -0.25) is 24.6 Å². The second-order valence-electron chi connectivity index (χ2n) is 6.81. The average Bonchev–Trinajstić information content (AvgIpc) is 2.91. The van der Waals surface area contributed by atoms with Gasteiger partial charge in [0.1, 0.15) is 6.04 Å². The van der Waals surface area contributed by atoms with Gasteiger partial charge in [-0.1, -0.05) is 12.1 Å². The number of hydrogen-bond acceptors (Lipinski definition) is 5. The summed E-state index contributed by atoms with van der Waals surface area (Å²) in [6.45, 7) is 0.833. The van der Waals surface area contributed by atoms with Crippen molar-refractivity contribution in [2.45, 2.75) is 38.4 Å². The van der Waals surface area contributed by atoms with E-state index in [1.54, 1.807) is 17.0 Å². The van der Waals surface area contributed by atoms with E-state index in [0.29, 0.717) is 25.1 Å². The molecule has 146 valence electrons. The number of alkyl halides is 2. The number of carbonyl (C=O) groups excluding carboxylic acids is 3. The molecule has 3 N–H and O–H groups in total. The largest absolute Gasteiger partial charge is 0.329 e. The maximum Gasteiger partial charge on any atom is 0.255 e. The van der Waals surface area contributed by atoms with Crippen LogP contribution in [0.5, 0.6) is 0 Å². The summed E-state index contributed by atoms with van der Waals surface area (Å²) in [6, 6.07) is 4.55. The van der Waals surface area contributed by atoms with Crippen LogP contribution in [0, 0.1) is 0 Å². The lowest BCUT2D eigenvalue weighted by atomic mass is 10.0. The second-order valence-corrected chi connectivity index (χ2v) is 6.81. The molecule has 9 heteroatoms. The van der Waals surface area contributed by atoms with Crippen molar-refractivity contribution in [3.05, 3.63) is 34.9 Å². The Hall–Kier alpha value is -2.39. The first-order valence-electron chi connectivity index (χ1n) is 8.86. The molecule has 1 fully saturated rings. The summed E-state index contributed by atoms with van der Waals surface area (Å²) in [5.41, 5.74) is 7.56. The zero-order valence-corrected chi connectivity index (χ0v) is 14.8. The number of imide groups is 1. The molecule has 2 aliphatic rings. The Morgan fingerprint density at radius 3 is 2.74 bits per heavy atom. The lowest BCUT2D eigenvalue weighted by Gasteiger charge is -2.29. The Morgan fingerprint density at radius 2 is 2.07 bits per heavy atom. The summed E-state index contributed by atoms with van der Waals surface area (Å²) in [6.07, 6.45) is -1.95. The maximum absolute atomic E-state index is 12.7. The second kappa shape index (κ2) is 8.10. The Balaban J connectivity index is 1.73. The minimum absolute atomic E-state index is 0.198. The fraction of sp³-hybridized carbons (Fsp3) is 0.500. The molecule has 2 heterocycles. The molecule has 1 aromatic rings. The highest BCUT2D eigenvalue weighted by molar-refractivity contribution is 6.05. The smallest absolute Gasteiger partial charge is 0.255 e.